The maximum absolute atomic E-state index is 6.35. The van der Waals surface area contributed by atoms with Gasteiger partial charge in [0.2, 0.25) is 0 Å². The molecule has 0 aliphatic carbocycles. The second-order valence-corrected chi connectivity index (χ2v) is 6.08. The predicted molar refractivity (Wildman–Crippen MR) is 110 cm³/mol. The Hall–Kier alpha value is -3.06. The zero-order valence-corrected chi connectivity index (χ0v) is 15.1. The number of allylic oxidation sites excluding steroid dienone is 3. The van der Waals surface area contributed by atoms with Gasteiger partial charge in [-0.15, -0.1) is 0 Å². The summed E-state index contributed by atoms with van der Waals surface area (Å²) in [5, 5.41) is 0. The number of hydrogen-bond acceptors (Lipinski definition) is 1. The summed E-state index contributed by atoms with van der Waals surface area (Å²) in [5.74, 6) is 0.865. The van der Waals surface area contributed by atoms with E-state index in [1.807, 2.05) is 48.5 Å². The lowest BCUT2D eigenvalue weighted by Crippen LogP contribution is -2.09. The fourth-order valence-electron chi connectivity index (χ4n) is 2.76. The van der Waals surface area contributed by atoms with E-state index in [0.29, 0.717) is 0 Å². The van der Waals surface area contributed by atoms with Crippen molar-refractivity contribution in [3.8, 4) is 5.75 Å². The molecule has 0 N–H and O–H groups in total. The lowest BCUT2D eigenvalue weighted by atomic mass is 10.0. The quantitative estimate of drug-likeness (QED) is 0.428. The normalized spacial score (nSPS) is 11.5. The molecular weight excluding hydrogens is 316 g/mol. The monoisotopic (exact) mass is 340 g/mol. The van der Waals surface area contributed by atoms with E-state index in [-0.39, 0.29) is 6.10 Å². The Morgan fingerprint density at radius 1 is 0.731 bits per heavy atom. The van der Waals surface area contributed by atoms with Crippen LogP contribution in [0.25, 0.3) is 6.08 Å². The maximum Gasteiger partial charge on any atom is 0.149 e. The molecule has 1 heteroatoms. The van der Waals surface area contributed by atoms with E-state index in [2.05, 4.69) is 67.6 Å². The Bertz CT molecular complexity index is 791. The van der Waals surface area contributed by atoms with Crippen molar-refractivity contribution >= 4 is 6.08 Å². The average Bonchev–Trinajstić information content (AvgIpc) is 2.72. The molecule has 3 aromatic rings. The van der Waals surface area contributed by atoms with Crippen LogP contribution in [0.2, 0.25) is 0 Å². The van der Waals surface area contributed by atoms with Gasteiger partial charge in [0.1, 0.15) is 11.9 Å². The van der Waals surface area contributed by atoms with Crippen LogP contribution in [0.3, 0.4) is 0 Å². The van der Waals surface area contributed by atoms with Crippen LogP contribution in [-0.2, 0) is 0 Å². The molecule has 0 aliphatic heterocycles. The lowest BCUT2D eigenvalue weighted by Gasteiger charge is -2.20. The van der Waals surface area contributed by atoms with Crippen LogP contribution in [0, 0.1) is 0 Å². The second kappa shape index (κ2) is 9.43. The molecule has 0 bridgehead atoms. The molecule has 1 nitrogen and oxygen atoms in total. The summed E-state index contributed by atoms with van der Waals surface area (Å²) >= 11 is 0. The van der Waals surface area contributed by atoms with E-state index in [4.69, 9.17) is 4.74 Å². The molecule has 0 aliphatic rings. The summed E-state index contributed by atoms with van der Waals surface area (Å²) in [4.78, 5) is 0. The van der Waals surface area contributed by atoms with Crippen LogP contribution in [0.1, 0.15) is 36.1 Å². The van der Waals surface area contributed by atoms with E-state index in [1.165, 1.54) is 0 Å². The Balaban J connectivity index is 1.79. The summed E-state index contributed by atoms with van der Waals surface area (Å²) in [6, 6.07) is 28.9. The molecule has 26 heavy (non-hydrogen) atoms. The Morgan fingerprint density at radius 3 is 1.85 bits per heavy atom. The first kappa shape index (κ1) is 17.8. The van der Waals surface area contributed by atoms with Crippen LogP contribution in [0.5, 0.6) is 5.75 Å². The molecule has 0 radical (unpaired) electrons. The standard InChI is InChI=1S/C25H24O/c1-2-3-4-7-12-21-17-19-24(20-18-21)26-25(22-13-8-5-9-14-22)23-15-10-6-11-16-23/h3-20,25H,2H2,1H3. The smallest absolute Gasteiger partial charge is 0.149 e. The third kappa shape index (κ3) is 4.97. The molecule has 0 aromatic heterocycles. The van der Waals surface area contributed by atoms with Gasteiger partial charge in [-0.05, 0) is 35.2 Å². The first-order chi connectivity index (χ1) is 12.9. The van der Waals surface area contributed by atoms with Gasteiger partial charge in [-0.2, -0.15) is 0 Å². The molecule has 3 aromatic carbocycles. The van der Waals surface area contributed by atoms with Crippen molar-refractivity contribution in [2.45, 2.75) is 19.4 Å². The summed E-state index contributed by atoms with van der Waals surface area (Å²) in [7, 11) is 0. The average molecular weight is 340 g/mol. The van der Waals surface area contributed by atoms with Crippen molar-refractivity contribution in [1.29, 1.82) is 0 Å². The number of benzene rings is 3. The van der Waals surface area contributed by atoms with Crippen LogP contribution in [0.4, 0.5) is 0 Å². The Morgan fingerprint density at radius 2 is 1.31 bits per heavy atom. The van der Waals surface area contributed by atoms with Crippen molar-refractivity contribution in [2.24, 2.45) is 0 Å². The molecule has 3 rings (SSSR count). The van der Waals surface area contributed by atoms with Crippen LogP contribution in [-0.4, -0.2) is 0 Å². The summed E-state index contributed by atoms with van der Waals surface area (Å²) in [6.45, 7) is 2.13. The molecule has 0 amide bonds. The third-order valence-electron chi connectivity index (χ3n) is 4.11. The zero-order chi connectivity index (χ0) is 18.0. The molecule has 0 heterocycles. The fraction of sp³-hybridized carbons (Fsp3) is 0.120. The Labute approximate surface area is 156 Å². The van der Waals surface area contributed by atoms with Crippen LogP contribution >= 0.6 is 0 Å². The third-order valence-corrected chi connectivity index (χ3v) is 4.11. The molecule has 130 valence electrons. The van der Waals surface area contributed by atoms with Gasteiger partial charge in [0, 0.05) is 0 Å². The van der Waals surface area contributed by atoms with E-state index in [1.54, 1.807) is 0 Å². The molecule has 0 saturated carbocycles. The van der Waals surface area contributed by atoms with Gasteiger partial charge in [0.05, 0.1) is 0 Å². The highest BCUT2D eigenvalue weighted by Gasteiger charge is 2.15. The lowest BCUT2D eigenvalue weighted by molar-refractivity contribution is 0.247. The van der Waals surface area contributed by atoms with E-state index < -0.39 is 0 Å². The first-order valence-corrected chi connectivity index (χ1v) is 9.06. The highest BCUT2D eigenvalue weighted by Crippen LogP contribution is 2.28. The number of hydrogen-bond donors (Lipinski definition) is 0. The number of ether oxygens (including phenoxy) is 1. The maximum atomic E-state index is 6.35. The second-order valence-electron chi connectivity index (χ2n) is 6.08. The van der Waals surface area contributed by atoms with Crippen molar-refractivity contribution in [1.82, 2.24) is 0 Å². The van der Waals surface area contributed by atoms with E-state index in [0.717, 1.165) is 28.9 Å². The van der Waals surface area contributed by atoms with Crippen molar-refractivity contribution < 1.29 is 4.74 Å². The van der Waals surface area contributed by atoms with E-state index in [9.17, 15) is 0 Å². The van der Waals surface area contributed by atoms with Crippen molar-refractivity contribution in [3.63, 3.8) is 0 Å². The zero-order valence-electron chi connectivity index (χ0n) is 15.1. The Kier molecular flexibility index (Phi) is 6.44. The van der Waals surface area contributed by atoms with Gasteiger partial charge in [-0.25, -0.2) is 0 Å². The van der Waals surface area contributed by atoms with Gasteiger partial charge in [-0.3, -0.25) is 0 Å². The van der Waals surface area contributed by atoms with Crippen LogP contribution < -0.4 is 4.74 Å². The van der Waals surface area contributed by atoms with Gasteiger partial charge in [0.25, 0.3) is 0 Å². The van der Waals surface area contributed by atoms with Gasteiger partial charge >= 0.3 is 0 Å². The molecule has 0 spiro atoms. The minimum Gasteiger partial charge on any atom is -0.481 e. The molecule has 0 saturated heterocycles. The highest BCUT2D eigenvalue weighted by molar-refractivity contribution is 5.52. The highest BCUT2D eigenvalue weighted by atomic mass is 16.5. The van der Waals surface area contributed by atoms with Gasteiger partial charge in [-0.1, -0.05) is 104 Å². The summed E-state index contributed by atoms with van der Waals surface area (Å²) in [6.07, 6.45) is 9.31. The molecule has 0 unspecified atom stereocenters. The minimum absolute atomic E-state index is 0.119. The molecule has 0 fully saturated rings. The van der Waals surface area contributed by atoms with Crippen molar-refractivity contribution in [3.05, 3.63) is 120 Å². The van der Waals surface area contributed by atoms with Gasteiger partial charge < -0.3 is 4.74 Å². The largest absolute Gasteiger partial charge is 0.481 e. The summed E-state index contributed by atoms with van der Waals surface area (Å²) in [5.41, 5.74) is 3.45. The minimum atomic E-state index is -0.119. The number of rotatable bonds is 7. The summed E-state index contributed by atoms with van der Waals surface area (Å²) < 4.78 is 6.35. The topological polar surface area (TPSA) is 9.23 Å². The fourth-order valence-corrected chi connectivity index (χ4v) is 2.76. The molecule has 0 atom stereocenters. The predicted octanol–water partition coefficient (Wildman–Crippen LogP) is 6.83. The first-order valence-electron chi connectivity index (χ1n) is 9.06. The van der Waals surface area contributed by atoms with Crippen molar-refractivity contribution in [2.75, 3.05) is 0 Å². The van der Waals surface area contributed by atoms with E-state index >= 15 is 0 Å². The van der Waals surface area contributed by atoms with Gasteiger partial charge in [0.15, 0.2) is 0 Å². The van der Waals surface area contributed by atoms with Crippen LogP contribution in [0.15, 0.2) is 103 Å². The molecular formula is C25H24O. The SMILES string of the molecule is CCC=CC=Cc1ccc(OC(c2ccccc2)c2ccccc2)cc1.